The monoisotopic (exact) mass is 280 g/mol. The number of nitrogen functional groups attached to an aromatic ring is 1. The molecule has 0 saturated carbocycles. The number of nitrogens with one attached hydrogen (secondary N) is 1. The highest BCUT2D eigenvalue weighted by atomic mass is 35.5. The van der Waals surface area contributed by atoms with Crippen molar-refractivity contribution in [2.24, 2.45) is 7.05 Å². The van der Waals surface area contributed by atoms with Crippen LogP contribution in [0.5, 0.6) is 5.75 Å². The van der Waals surface area contributed by atoms with Gasteiger partial charge in [0.25, 0.3) is 5.91 Å². The van der Waals surface area contributed by atoms with E-state index >= 15 is 0 Å². The predicted octanol–water partition coefficient (Wildman–Crippen LogP) is 1.92. The highest BCUT2D eigenvalue weighted by molar-refractivity contribution is 6.33. The number of anilines is 2. The number of carbonyl (C=O) groups is 1. The summed E-state index contributed by atoms with van der Waals surface area (Å²) in [4.78, 5) is 12.1. The molecule has 1 aromatic heterocycles. The van der Waals surface area contributed by atoms with Gasteiger partial charge in [0.15, 0.2) is 0 Å². The fourth-order valence-corrected chi connectivity index (χ4v) is 1.76. The molecule has 0 radical (unpaired) electrons. The molecule has 1 heterocycles. The van der Waals surface area contributed by atoms with Crippen LogP contribution in [0.2, 0.25) is 5.02 Å². The van der Waals surface area contributed by atoms with Gasteiger partial charge in [-0.3, -0.25) is 9.48 Å². The molecular weight excluding hydrogens is 268 g/mol. The van der Waals surface area contributed by atoms with E-state index in [1.54, 1.807) is 24.1 Å². The average molecular weight is 281 g/mol. The minimum absolute atomic E-state index is 0.303. The summed E-state index contributed by atoms with van der Waals surface area (Å²) in [5.74, 6) is 0.0232. The molecule has 1 aromatic carbocycles. The van der Waals surface area contributed by atoms with Crippen molar-refractivity contribution in [2.45, 2.75) is 0 Å². The summed E-state index contributed by atoms with van der Waals surface area (Å²) in [5.41, 5.74) is 6.92. The van der Waals surface area contributed by atoms with Crippen LogP contribution in [-0.4, -0.2) is 22.8 Å². The van der Waals surface area contributed by atoms with E-state index < -0.39 is 0 Å². The van der Waals surface area contributed by atoms with Crippen LogP contribution in [-0.2, 0) is 7.05 Å². The van der Waals surface area contributed by atoms with Crippen molar-refractivity contribution < 1.29 is 9.53 Å². The van der Waals surface area contributed by atoms with Crippen molar-refractivity contribution in [3.05, 3.63) is 35.1 Å². The van der Waals surface area contributed by atoms with Crippen LogP contribution >= 0.6 is 11.6 Å². The number of nitrogens with two attached hydrogens (primary N) is 1. The standard InChI is InChI=1S/C12H13ClN4O2/c1-17-6-7(5-15-17)16-12(18)8-3-9(13)10(14)4-11(8)19-2/h3-6H,14H2,1-2H3,(H,16,18). The Labute approximate surface area is 115 Å². The maximum absolute atomic E-state index is 12.1. The van der Waals surface area contributed by atoms with Gasteiger partial charge in [-0.15, -0.1) is 0 Å². The quantitative estimate of drug-likeness (QED) is 0.842. The SMILES string of the molecule is COc1cc(N)c(Cl)cc1C(=O)Nc1cnn(C)c1. The zero-order valence-electron chi connectivity index (χ0n) is 10.5. The van der Waals surface area contributed by atoms with E-state index in [0.29, 0.717) is 27.7 Å². The van der Waals surface area contributed by atoms with E-state index in [1.807, 2.05) is 0 Å². The van der Waals surface area contributed by atoms with Crippen LogP contribution in [0.15, 0.2) is 24.5 Å². The first-order valence-corrected chi connectivity index (χ1v) is 5.82. The van der Waals surface area contributed by atoms with E-state index in [-0.39, 0.29) is 5.91 Å². The predicted molar refractivity (Wildman–Crippen MR) is 73.6 cm³/mol. The van der Waals surface area contributed by atoms with E-state index in [9.17, 15) is 4.79 Å². The number of amides is 1. The third-order valence-electron chi connectivity index (χ3n) is 2.53. The van der Waals surface area contributed by atoms with Crippen molar-refractivity contribution >= 4 is 28.9 Å². The largest absolute Gasteiger partial charge is 0.496 e. The summed E-state index contributed by atoms with van der Waals surface area (Å²) in [7, 11) is 3.22. The maximum atomic E-state index is 12.1. The Morgan fingerprint density at radius 3 is 2.84 bits per heavy atom. The molecule has 6 nitrogen and oxygen atoms in total. The second-order valence-corrected chi connectivity index (χ2v) is 4.34. The molecule has 0 unspecified atom stereocenters. The summed E-state index contributed by atoms with van der Waals surface area (Å²) < 4.78 is 6.71. The molecule has 3 N–H and O–H groups in total. The average Bonchev–Trinajstić information content (AvgIpc) is 2.77. The second kappa shape index (κ2) is 5.19. The van der Waals surface area contributed by atoms with Gasteiger partial charge in [0.2, 0.25) is 0 Å². The fraction of sp³-hybridized carbons (Fsp3) is 0.167. The van der Waals surface area contributed by atoms with Crippen molar-refractivity contribution in [1.29, 1.82) is 0 Å². The minimum atomic E-state index is -0.341. The number of aromatic nitrogens is 2. The van der Waals surface area contributed by atoms with Gasteiger partial charge in [-0.25, -0.2) is 0 Å². The molecule has 2 aromatic rings. The van der Waals surface area contributed by atoms with Crippen LogP contribution in [0.3, 0.4) is 0 Å². The highest BCUT2D eigenvalue weighted by Gasteiger charge is 2.15. The van der Waals surface area contributed by atoms with E-state index in [0.717, 1.165) is 0 Å². The number of carbonyl (C=O) groups excluding carboxylic acids is 1. The van der Waals surface area contributed by atoms with Gasteiger partial charge in [0.1, 0.15) is 5.75 Å². The van der Waals surface area contributed by atoms with Crippen LogP contribution in [0.1, 0.15) is 10.4 Å². The zero-order chi connectivity index (χ0) is 14.0. The smallest absolute Gasteiger partial charge is 0.259 e. The molecule has 7 heteroatoms. The van der Waals surface area contributed by atoms with Gasteiger partial charge in [0, 0.05) is 19.3 Å². The molecular formula is C12H13ClN4O2. The Kier molecular flexibility index (Phi) is 3.62. The van der Waals surface area contributed by atoms with Crippen molar-refractivity contribution in [3.63, 3.8) is 0 Å². The zero-order valence-corrected chi connectivity index (χ0v) is 11.2. The van der Waals surface area contributed by atoms with Gasteiger partial charge in [0.05, 0.1) is 35.3 Å². The molecule has 0 aliphatic rings. The summed E-state index contributed by atoms with van der Waals surface area (Å²) in [6.07, 6.45) is 3.23. The number of hydrogen-bond acceptors (Lipinski definition) is 4. The number of aryl methyl sites for hydroxylation is 1. The molecule has 0 atom stereocenters. The van der Waals surface area contributed by atoms with Gasteiger partial charge < -0.3 is 15.8 Å². The van der Waals surface area contributed by atoms with Crippen molar-refractivity contribution in [2.75, 3.05) is 18.2 Å². The molecule has 0 fully saturated rings. The van der Waals surface area contributed by atoms with Gasteiger partial charge in [-0.05, 0) is 6.07 Å². The van der Waals surface area contributed by atoms with Gasteiger partial charge in [-0.1, -0.05) is 11.6 Å². The Balaban J connectivity index is 2.30. The summed E-state index contributed by atoms with van der Waals surface area (Å²) in [5, 5.41) is 6.96. The van der Waals surface area contributed by atoms with Crippen LogP contribution in [0.4, 0.5) is 11.4 Å². The third-order valence-corrected chi connectivity index (χ3v) is 2.85. The number of halogens is 1. The van der Waals surface area contributed by atoms with Crippen molar-refractivity contribution in [1.82, 2.24) is 9.78 Å². The summed E-state index contributed by atoms with van der Waals surface area (Å²) in [6, 6.07) is 2.99. The van der Waals surface area contributed by atoms with E-state index in [4.69, 9.17) is 22.1 Å². The van der Waals surface area contributed by atoms with E-state index in [1.165, 1.54) is 19.2 Å². The molecule has 0 aliphatic carbocycles. The Hall–Kier alpha value is -2.21. The third kappa shape index (κ3) is 2.79. The molecule has 0 spiro atoms. The first-order valence-electron chi connectivity index (χ1n) is 5.44. The normalized spacial score (nSPS) is 10.3. The van der Waals surface area contributed by atoms with Crippen LogP contribution < -0.4 is 15.8 Å². The van der Waals surface area contributed by atoms with Crippen LogP contribution in [0, 0.1) is 0 Å². The van der Waals surface area contributed by atoms with Crippen molar-refractivity contribution in [3.8, 4) is 5.75 Å². The van der Waals surface area contributed by atoms with Crippen LogP contribution in [0.25, 0.3) is 0 Å². The highest BCUT2D eigenvalue weighted by Crippen LogP contribution is 2.29. The number of rotatable bonds is 3. The van der Waals surface area contributed by atoms with Gasteiger partial charge in [-0.2, -0.15) is 5.10 Å². The lowest BCUT2D eigenvalue weighted by Gasteiger charge is -2.10. The summed E-state index contributed by atoms with van der Waals surface area (Å²) in [6.45, 7) is 0. The number of benzene rings is 1. The lowest BCUT2D eigenvalue weighted by molar-refractivity contribution is 0.102. The Morgan fingerprint density at radius 1 is 1.53 bits per heavy atom. The summed E-state index contributed by atoms with van der Waals surface area (Å²) >= 11 is 5.92. The number of nitrogens with zero attached hydrogens (tertiary/aromatic N) is 2. The Bertz CT molecular complexity index is 624. The molecule has 0 saturated heterocycles. The first-order chi connectivity index (χ1) is 9.01. The van der Waals surface area contributed by atoms with Gasteiger partial charge >= 0.3 is 0 Å². The Morgan fingerprint density at radius 2 is 2.26 bits per heavy atom. The molecule has 2 rings (SSSR count). The molecule has 19 heavy (non-hydrogen) atoms. The second-order valence-electron chi connectivity index (χ2n) is 3.93. The molecule has 1 amide bonds. The maximum Gasteiger partial charge on any atom is 0.259 e. The number of methoxy groups -OCH3 is 1. The molecule has 0 bridgehead atoms. The lowest BCUT2D eigenvalue weighted by Crippen LogP contribution is -2.13. The number of hydrogen-bond donors (Lipinski definition) is 2. The minimum Gasteiger partial charge on any atom is -0.496 e. The fourth-order valence-electron chi connectivity index (χ4n) is 1.60. The first kappa shape index (κ1) is 13.2. The van der Waals surface area contributed by atoms with E-state index in [2.05, 4.69) is 10.4 Å². The molecule has 100 valence electrons. The lowest BCUT2D eigenvalue weighted by atomic mass is 10.1. The topological polar surface area (TPSA) is 82.2 Å². The molecule has 0 aliphatic heterocycles. The number of ether oxygens (including phenoxy) is 1.